The van der Waals surface area contributed by atoms with Crippen molar-refractivity contribution in [2.24, 2.45) is 0 Å². The number of carbonyl (C=O) groups excluding carboxylic acids is 1. The van der Waals surface area contributed by atoms with Crippen molar-refractivity contribution in [2.75, 3.05) is 19.7 Å². The lowest BCUT2D eigenvalue weighted by atomic mass is 9.89. The Balaban J connectivity index is 1.56. The van der Waals surface area contributed by atoms with E-state index >= 15 is 0 Å². The summed E-state index contributed by atoms with van der Waals surface area (Å²) in [5.41, 5.74) is 0. The summed E-state index contributed by atoms with van der Waals surface area (Å²) in [5.74, 6) is 1.52. The van der Waals surface area contributed by atoms with E-state index in [2.05, 4.69) is 20.8 Å². The van der Waals surface area contributed by atoms with E-state index in [9.17, 15) is 4.79 Å². The minimum atomic E-state index is -0.447. The molecule has 1 aromatic rings. The van der Waals surface area contributed by atoms with Crippen molar-refractivity contribution >= 4 is 5.91 Å². The van der Waals surface area contributed by atoms with Crippen LogP contribution in [0.5, 0.6) is 0 Å². The zero-order valence-electron chi connectivity index (χ0n) is 13.0. The van der Waals surface area contributed by atoms with Gasteiger partial charge in [-0.05, 0) is 19.8 Å². The number of hydrogen-bond donors (Lipinski definition) is 2. The van der Waals surface area contributed by atoms with E-state index in [4.69, 9.17) is 9.26 Å². The highest BCUT2D eigenvalue weighted by Gasteiger charge is 2.26. The summed E-state index contributed by atoms with van der Waals surface area (Å²) in [6.07, 6.45) is 5.56. The molecule has 7 nitrogen and oxygen atoms in total. The van der Waals surface area contributed by atoms with Crippen LogP contribution < -0.4 is 10.6 Å². The van der Waals surface area contributed by atoms with Gasteiger partial charge < -0.3 is 19.9 Å². The van der Waals surface area contributed by atoms with E-state index in [0.717, 1.165) is 25.2 Å². The van der Waals surface area contributed by atoms with Crippen molar-refractivity contribution in [3.63, 3.8) is 0 Å². The van der Waals surface area contributed by atoms with Crippen molar-refractivity contribution in [1.29, 1.82) is 0 Å². The maximum atomic E-state index is 12.1. The molecule has 0 radical (unpaired) electrons. The molecule has 1 aliphatic heterocycles. The summed E-state index contributed by atoms with van der Waals surface area (Å²) >= 11 is 0. The topological polar surface area (TPSA) is 89.3 Å². The molecule has 7 heteroatoms. The van der Waals surface area contributed by atoms with Crippen LogP contribution in [0.15, 0.2) is 4.52 Å². The molecule has 0 bridgehead atoms. The molecule has 1 saturated heterocycles. The van der Waals surface area contributed by atoms with Gasteiger partial charge in [-0.2, -0.15) is 4.98 Å². The lowest BCUT2D eigenvalue weighted by Gasteiger charge is -2.23. The molecule has 2 unspecified atom stereocenters. The molecule has 122 valence electrons. The molecule has 0 aromatic carbocycles. The van der Waals surface area contributed by atoms with Gasteiger partial charge in [0.05, 0.1) is 6.61 Å². The molecule has 1 aromatic heterocycles. The number of nitrogens with zero attached hydrogens (tertiary/aromatic N) is 2. The highest BCUT2D eigenvalue weighted by molar-refractivity contribution is 5.81. The second-order valence-electron chi connectivity index (χ2n) is 6.12. The molecule has 2 heterocycles. The predicted octanol–water partition coefficient (Wildman–Crippen LogP) is 1.28. The van der Waals surface area contributed by atoms with Crippen molar-refractivity contribution in [2.45, 2.75) is 57.1 Å². The molecule has 0 spiro atoms. The number of amides is 1. The Morgan fingerprint density at radius 2 is 2.18 bits per heavy atom. The summed E-state index contributed by atoms with van der Waals surface area (Å²) in [6.45, 7) is 3.73. The van der Waals surface area contributed by atoms with Gasteiger partial charge in [0.25, 0.3) is 5.91 Å². The van der Waals surface area contributed by atoms with Gasteiger partial charge in [0.2, 0.25) is 5.89 Å². The third-order valence-electron chi connectivity index (χ3n) is 4.38. The van der Waals surface area contributed by atoms with Crippen molar-refractivity contribution < 1.29 is 14.1 Å². The van der Waals surface area contributed by atoms with E-state index in [1.807, 2.05) is 6.92 Å². The first-order valence-electron chi connectivity index (χ1n) is 8.20. The first-order chi connectivity index (χ1) is 10.7. The van der Waals surface area contributed by atoms with Gasteiger partial charge in [0.15, 0.2) is 5.82 Å². The Bertz CT molecular complexity index is 493. The van der Waals surface area contributed by atoms with Crippen LogP contribution in [0.1, 0.15) is 62.7 Å². The lowest BCUT2D eigenvalue weighted by molar-refractivity contribution is -0.135. The van der Waals surface area contributed by atoms with E-state index in [1.54, 1.807) is 0 Å². The first-order valence-corrected chi connectivity index (χ1v) is 8.20. The highest BCUT2D eigenvalue weighted by Crippen LogP contribution is 2.31. The van der Waals surface area contributed by atoms with E-state index in [0.29, 0.717) is 25.0 Å². The zero-order chi connectivity index (χ0) is 15.4. The summed E-state index contributed by atoms with van der Waals surface area (Å²) in [4.78, 5) is 16.6. The average molecular weight is 308 g/mol. The van der Waals surface area contributed by atoms with Crippen LogP contribution in [0.25, 0.3) is 0 Å². The molecular formula is C15H24N4O3. The van der Waals surface area contributed by atoms with Gasteiger partial charge in [0, 0.05) is 19.0 Å². The lowest BCUT2D eigenvalue weighted by Crippen LogP contribution is -2.48. The number of nitrogens with one attached hydrogen (secondary N) is 2. The largest absolute Gasteiger partial charge is 0.366 e. The van der Waals surface area contributed by atoms with E-state index in [1.165, 1.54) is 19.3 Å². The minimum absolute atomic E-state index is 0.142. The monoisotopic (exact) mass is 308 g/mol. The fraction of sp³-hybridized carbons (Fsp3) is 0.800. The second kappa shape index (κ2) is 7.19. The van der Waals surface area contributed by atoms with Gasteiger partial charge in [-0.1, -0.05) is 24.4 Å². The number of ether oxygens (including phenoxy) is 1. The Morgan fingerprint density at radius 1 is 1.36 bits per heavy atom. The quantitative estimate of drug-likeness (QED) is 0.871. The second-order valence-corrected chi connectivity index (χ2v) is 6.12. The normalized spacial score (nSPS) is 24.9. The molecule has 2 aliphatic rings. The third kappa shape index (κ3) is 3.64. The number of rotatable bonds is 4. The van der Waals surface area contributed by atoms with E-state index < -0.39 is 6.10 Å². The predicted molar refractivity (Wildman–Crippen MR) is 79.3 cm³/mol. The maximum absolute atomic E-state index is 12.1. The van der Waals surface area contributed by atoms with Gasteiger partial charge >= 0.3 is 0 Å². The third-order valence-corrected chi connectivity index (χ3v) is 4.38. The maximum Gasteiger partial charge on any atom is 0.251 e. The van der Waals surface area contributed by atoms with Crippen LogP contribution in [0.2, 0.25) is 0 Å². The molecule has 1 aliphatic carbocycles. The van der Waals surface area contributed by atoms with E-state index in [-0.39, 0.29) is 11.9 Å². The average Bonchev–Trinajstić information content (AvgIpc) is 3.06. The summed E-state index contributed by atoms with van der Waals surface area (Å²) in [6, 6.07) is -0.303. The van der Waals surface area contributed by atoms with Crippen LogP contribution in [0, 0.1) is 0 Å². The molecular weight excluding hydrogens is 284 g/mol. The molecule has 2 N–H and O–H groups in total. The zero-order valence-corrected chi connectivity index (χ0v) is 13.0. The summed E-state index contributed by atoms with van der Waals surface area (Å²) in [7, 11) is 0. The molecule has 1 amide bonds. The number of hydrogen-bond acceptors (Lipinski definition) is 6. The van der Waals surface area contributed by atoms with Crippen LogP contribution in [0.4, 0.5) is 0 Å². The van der Waals surface area contributed by atoms with Gasteiger partial charge in [-0.3, -0.25) is 4.79 Å². The van der Waals surface area contributed by atoms with Crippen LogP contribution in [-0.2, 0) is 9.53 Å². The van der Waals surface area contributed by atoms with Gasteiger partial charge in [0.1, 0.15) is 12.1 Å². The van der Waals surface area contributed by atoms with Crippen LogP contribution in [0.3, 0.4) is 0 Å². The van der Waals surface area contributed by atoms with Crippen molar-refractivity contribution in [3.05, 3.63) is 11.7 Å². The Kier molecular flexibility index (Phi) is 5.04. The minimum Gasteiger partial charge on any atom is -0.366 e. The standard InChI is InChI=1S/C15H24N4O3/c1-10(17-14(20)12-9-16-7-8-21-12)15-18-13(19-22-15)11-5-3-2-4-6-11/h10-12,16H,2-9H2,1H3,(H,17,20). The molecule has 1 saturated carbocycles. The van der Waals surface area contributed by atoms with Crippen molar-refractivity contribution in [1.82, 2.24) is 20.8 Å². The summed E-state index contributed by atoms with van der Waals surface area (Å²) < 4.78 is 10.8. The Morgan fingerprint density at radius 3 is 2.91 bits per heavy atom. The molecule has 22 heavy (non-hydrogen) atoms. The molecule has 2 fully saturated rings. The Labute approximate surface area is 130 Å². The Hall–Kier alpha value is -1.47. The number of carbonyl (C=O) groups is 1. The van der Waals surface area contributed by atoms with Crippen LogP contribution in [-0.4, -0.2) is 41.8 Å². The summed E-state index contributed by atoms with van der Waals surface area (Å²) in [5, 5.41) is 10.1. The molecule has 2 atom stereocenters. The SMILES string of the molecule is CC(NC(=O)C1CNCCO1)c1nc(C2CCCCC2)no1. The van der Waals surface area contributed by atoms with Crippen molar-refractivity contribution in [3.8, 4) is 0 Å². The highest BCUT2D eigenvalue weighted by atomic mass is 16.5. The fourth-order valence-corrected chi connectivity index (χ4v) is 3.05. The number of aromatic nitrogens is 2. The van der Waals surface area contributed by atoms with Gasteiger partial charge in [-0.15, -0.1) is 0 Å². The first kappa shape index (κ1) is 15.4. The molecule has 3 rings (SSSR count). The number of morpholine rings is 1. The van der Waals surface area contributed by atoms with Gasteiger partial charge in [-0.25, -0.2) is 0 Å². The fourth-order valence-electron chi connectivity index (χ4n) is 3.05. The van der Waals surface area contributed by atoms with Crippen LogP contribution >= 0.6 is 0 Å². The smallest absolute Gasteiger partial charge is 0.251 e.